The van der Waals surface area contributed by atoms with E-state index in [-0.39, 0.29) is 11.6 Å². The maximum atomic E-state index is 12.8. The molecular weight excluding hydrogens is 394 g/mol. The summed E-state index contributed by atoms with van der Waals surface area (Å²) >= 11 is 0. The van der Waals surface area contributed by atoms with Crippen LogP contribution in [0, 0.1) is 6.92 Å². The fourth-order valence-electron chi connectivity index (χ4n) is 3.64. The van der Waals surface area contributed by atoms with Crippen LogP contribution >= 0.6 is 0 Å². The van der Waals surface area contributed by atoms with E-state index < -0.39 is 12.1 Å². The molecule has 1 fully saturated rings. The van der Waals surface area contributed by atoms with Gasteiger partial charge < -0.3 is 19.0 Å². The molecular formula is C24H25N3O4. The number of para-hydroxylation sites is 1. The van der Waals surface area contributed by atoms with E-state index in [9.17, 15) is 9.59 Å². The molecule has 4 rings (SSSR count). The highest BCUT2D eigenvalue weighted by molar-refractivity contribution is 5.92. The maximum absolute atomic E-state index is 12.8. The molecule has 0 unspecified atom stereocenters. The van der Waals surface area contributed by atoms with Crippen LogP contribution in [0.3, 0.4) is 0 Å². The Bertz CT molecular complexity index is 1040. The fourth-order valence-corrected chi connectivity index (χ4v) is 3.64. The molecule has 1 aromatic heterocycles. The SMILES string of the molecule is Cc1oc(-c2ccccc2)nc1C(=O)O[C@H](C)C(=O)N1CCN(c2ccccc2)CC1. The highest BCUT2D eigenvalue weighted by Gasteiger charge is 2.29. The van der Waals surface area contributed by atoms with Gasteiger partial charge in [-0.3, -0.25) is 4.79 Å². The van der Waals surface area contributed by atoms with E-state index in [0.717, 1.165) is 24.3 Å². The van der Waals surface area contributed by atoms with Gasteiger partial charge >= 0.3 is 5.97 Å². The van der Waals surface area contributed by atoms with Crippen LogP contribution in [0.1, 0.15) is 23.2 Å². The number of hydrogen-bond donors (Lipinski definition) is 0. The van der Waals surface area contributed by atoms with Crippen molar-refractivity contribution in [1.82, 2.24) is 9.88 Å². The van der Waals surface area contributed by atoms with Gasteiger partial charge in [-0.15, -0.1) is 0 Å². The van der Waals surface area contributed by atoms with Gasteiger partial charge in [0.15, 0.2) is 11.8 Å². The van der Waals surface area contributed by atoms with Crippen LogP contribution < -0.4 is 4.90 Å². The monoisotopic (exact) mass is 419 g/mol. The molecule has 1 aliphatic heterocycles. The fraction of sp³-hybridized carbons (Fsp3) is 0.292. The first-order chi connectivity index (χ1) is 15.0. The highest BCUT2D eigenvalue weighted by Crippen LogP contribution is 2.22. The number of ether oxygens (including phenoxy) is 1. The second-order valence-corrected chi connectivity index (χ2v) is 7.49. The molecule has 7 nitrogen and oxygen atoms in total. The Morgan fingerprint density at radius 3 is 2.23 bits per heavy atom. The number of amides is 1. The number of anilines is 1. The van der Waals surface area contributed by atoms with Crippen LogP contribution in [-0.4, -0.2) is 54.0 Å². The Morgan fingerprint density at radius 1 is 0.968 bits per heavy atom. The quantitative estimate of drug-likeness (QED) is 0.589. The minimum Gasteiger partial charge on any atom is -0.448 e. The van der Waals surface area contributed by atoms with Crippen LogP contribution in [-0.2, 0) is 9.53 Å². The van der Waals surface area contributed by atoms with Crippen molar-refractivity contribution >= 4 is 17.6 Å². The Balaban J connectivity index is 1.35. The van der Waals surface area contributed by atoms with Gasteiger partial charge in [0.2, 0.25) is 5.89 Å². The minimum atomic E-state index is -0.896. The van der Waals surface area contributed by atoms with E-state index in [0.29, 0.717) is 24.7 Å². The minimum absolute atomic E-state index is 0.0902. The number of nitrogens with zero attached hydrogens (tertiary/aromatic N) is 3. The van der Waals surface area contributed by atoms with Gasteiger partial charge in [-0.2, -0.15) is 0 Å². The van der Waals surface area contributed by atoms with E-state index in [4.69, 9.17) is 9.15 Å². The Morgan fingerprint density at radius 2 is 1.58 bits per heavy atom. The number of aryl methyl sites for hydroxylation is 1. The second-order valence-electron chi connectivity index (χ2n) is 7.49. The van der Waals surface area contributed by atoms with Crippen molar-refractivity contribution in [3.05, 3.63) is 72.1 Å². The lowest BCUT2D eigenvalue weighted by Gasteiger charge is -2.37. The number of carbonyl (C=O) groups is 2. The zero-order valence-corrected chi connectivity index (χ0v) is 17.7. The van der Waals surface area contributed by atoms with E-state index in [1.807, 2.05) is 48.5 Å². The van der Waals surface area contributed by atoms with Gasteiger partial charge in [-0.05, 0) is 38.1 Å². The number of piperazine rings is 1. The van der Waals surface area contributed by atoms with Gasteiger partial charge in [0.1, 0.15) is 5.76 Å². The van der Waals surface area contributed by atoms with Crippen molar-refractivity contribution in [3.63, 3.8) is 0 Å². The first-order valence-corrected chi connectivity index (χ1v) is 10.4. The third-order valence-electron chi connectivity index (χ3n) is 5.35. The van der Waals surface area contributed by atoms with Crippen LogP contribution in [0.15, 0.2) is 65.1 Å². The number of benzene rings is 2. The summed E-state index contributed by atoms with van der Waals surface area (Å²) in [5.74, 6) is -0.154. The summed E-state index contributed by atoms with van der Waals surface area (Å²) in [7, 11) is 0. The molecule has 0 spiro atoms. The zero-order valence-electron chi connectivity index (χ0n) is 17.7. The van der Waals surface area contributed by atoms with Crippen molar-refractivity contribution < 1.29 is 18.7 Å². The van der Waals surface area contributed by atoms with Crippen molar-refractivity contribution in [1.29, 1.82) is 0 Å². The lowest BCUT2D eigenvalue weighted by atomic mass is 10.2. The number of oxazole rings is 1. The van der Waals surface area contributed by atoms with Crippen molar-refractivity contribution in [2.75, 3.05) is 31.1 Å². The average molecular weight is 419 g/mol. The van der Waals surface area contributed by atoms with Crippen LogP contribution in [0.2, 0.25) is 0 Å². The van der Waals surface area contributed by atoms with Gasteiger partial charge in [0, 0.05) is 37.4 Å². The third kappa shape index (κ3) is 4.60. The van der Waals surface area contributed by atoms with Crippen LogP contribution in [0.5, 0.6) is 0 Å². The number of aromatic nitrogens is 1. The summed E-state index contributed by atoms with van der Waals surface area (Å²) in [6.07, 6.45) is -0.896. The molecule has 1 aliphatic rings. The summed E-state index contributed by atoms with van der Waals surface area (Å²) < 4.78 is 11.0. The molecule has 0 radical (unpaired) electrons. The summed E-state index contributed by atoms with van der Waals surface area (Å²) in [4.78, 5) is 33.7. The van der Waals surface area contributed by atoms with Gasteiger partial charge in [-0.1, -0.05) is 36.4 Å². The van der Waals surface area contributed by atoms with Gasteiger partial charge in [0.05, 0.1) is 0 Å². The standard InChI is InChI=1S/C24H25N3O4/c1-17-21(25-22(30-17)19-9-5-3-6-10-19)24(29)31-18(2)23(28)27-15-13-26(14-16-27)20-11-7-4-8-12-20/h3-12,18H,13-16H2,1-2H3/t18-/m1/s1. The lowest BCUT2D eigenvalue weighted by Crippen LogP contribution is -2.51. The second kappa shape index (κ2) is 9.04. The summed E-state index contributed by atoms with van der Waals surface area (Å²) in [6.45, 7) is 5.88. The third-order valence-corrected chi connectivity index (χ3v) is 5.35. The number of hydrogen-bond acceptors (Lipinski definition) is 6. The molecule has 7 heteroatoms. The van der Waals surface area contributed by atoms with E-state index in [2.05, 4.69) is 22.0 Å². The molecule has 31 heavy (non-hydrogen) atoms. The molecule has 0 aliphatic carbocycles. The first kappa shape index (κ1) is 20.7. The van der Waals surface area contributed by atoms with Crippen LogP contribution in [0.4, 0.5) is 5.69 Å². The molecule has 1 saturated heterocycles. The van der Waals surface area contributed by atoms with Gasteiger partial charge in [-0.25, -0.2) is 9.78 Å². The Labute approximate surface area is 181 Å². The normalized spacial score (nSPS) is 14.9. The summed E-state index contributed by atoms with van der Waals surface area (Å²) in [5, 5.41) is 0. The average Bonchev–Trinajstić information content (AvgIpc) is 3.21. The number of carbonyl (C=O) groups excluding carboxylic acids is 2. The molecule has 0 saturated carbocycles. The predicted octanol–water partition coefficient (Wildman–Crippen LogP) is 3.54. The van der Waals surface area contributed by atoms with E-state index in [1.54, 1.807) is 18.7 Å². The predicted molar refractivity (Wildman–Crippen MR) is 117 cm³/mol. The molecule has 1 atom stereocenters. The summed E-state index contributed by atoms with van der Waals surface area (Å²) in [5.41, 5.74) is 2.00. The highest BCUT2D eigenvalue weighted by atomic mass is 16.5. The first-order valence-electron chi connectivity index (χ1n) is 10.4. The maximum Gasteiger partial charge on any atom is 0.361 e. The molecule has 2 heterocycles. The Hall–Kier alpha value is -3.61. The van der Waals surface area contributed by atoms with E-state index in [1.165, 1.54) is 0 Å². The molecule has 3 aromatic rings. The topological polar surface area (TPSA) is 75.9 Å². The zero-order chi connectivity index (χ0) is 21.8. The van der Waals surface area contributed by atoms with Crippen molar-refractivity contribution in [3.8, 4) is 11.5 Å². The van der Waals surface area contributed by atoms with Crippen LogP contribution in [0.25, 0.3) is 11.5 Å². The van der Waals surface area contributed by atoms with E-state index >= 15 is 0 Å². The number of rotatable bonds is 5. The smallest absolute Gasteiger partial charge is 0.361 e. The van der Waals surface area contributed by atoms with Crippen molar-refractivity contribution in [2.45, 2.75) is 20.0 Å². The molecule has 0 N–H and O–H groups in total. The molecule has 160 valence electrons. The molecule has 2 aromatic carbocycles. The van der Waals surface area contributed by atoms with Gasteiger partial charge in [0.25, 0.3) is 5.91 Å². The summed E-state index contributed by atoms with van der Waals surface area (Å²) in [6, 6.07) is 19.4. The number of esters is 1. The largest absolute Gasteiger partial charge is 0.448 e. The lowest BCUT2D eigenvalue weighted by molar-refractivity contribution is -0.140. The molecule has 0 bridgehead atoms. The molecule has 1 amide bonds. The van der Waals surface area contributed by atoms with Crippen molar-refractivity contribution in [2.24, 2.45) is 0 Å². The Kier molecular flexibility index (Phi) is 6.02.